The zero-order valence-corrected chi connectivity index (χ0v) is 7.67. The van der Waals surface area contributed by atoms with Crippen LogP contribution in [0, 0.1) is 0 Å². The van der Waals surface area contributed by atoms with Gasteiger partial charge < -0.3 is 14.7 Å². The Morgan fingerprint density at radius 2 is 2.29 bits per heavy atom. The molecule has 1 fully saturated rings. The van der Waals surface area contributed by atoms with E-state index in [2.05, 4.69) is 10.0 Å². The van der Waals surface area contributed by atoms with Gasteiger partial charge in [-0.3, -0.25) is 4.79 Å². The Bertz CT molecular complexity index is 245. The summed E-state index contributed by atoms with van der Waals surface area (Å²) in [4.78, 5) is 15.4. The number of nitrogens with zero attached hydrogens (tertiary/aromatic N) is 4. The summed E-state index contributed by atoms with van der Waals surface area (Å²) in [5.41, 5.74) is 8.01. The number of hydrogen-bond donors (Lipinski definition) is 1. The minimum absolute atomic E-state index is 0.216. The second kappa shape index (κ2) is 5.43. The van der Waals surface area contributed by atoms with Crippen LogP contribution in [-0.4, -0.2) is 54.9 Å². The lowest BCUT2D eigenvalue weighted by Crippen LogP contribution is -2.46. The van der Waals surface area contributed by atoms with Crippen LogP contribution in [0.5, 0.6) is 0 Å². The van der Waals surface area contributed by atoms with E-state index in [4.69, 9.17) is 10.3 Å². The number of aliphatic hydroxyl groups excluding tert-OH is 1. The van der Waals surface area contributed by atoms with E-state index < -0.39 is 12.0 Å². The van der Waals surface area contributed by atoms with Gasteiger partial charge in [0.15, 0.2) is 0 Å². The molecule has 78 valence electrons. The van der Waals surface area contributed by atoms with Crippen molar-refractivity contribution in [1.29, 1.82) is 0 Å². The molecule has 1 unspecified atom stereocenters. The van der Waals surface area contributed by atoms with Crippen LogP contribution in [0.2, 0.25) is 0 Å². The van der Waals surface area contributed by atoms with Gasteiger partial charge >= 0.3 is 0 Å². The summed E-state index contributed by atoms with van der Waals surface area (Å²) in [6.45, 7) is 1.71. The SMILES string of the molecule is [N-]=[N+]=NCC(O)C(=O)N1CCOCC1. The van der Waals surface area contributed by atoms with Crippen molar-refractivity contribution in [3.8, 4) is 0 Å². The second-order valence-corrected chi connectivity index (χ2v) is 2.87. The quantitative estimate of drug-likeness (QED) is 0.378. The van der Waals surface area contributed by atoms with E-state index in [1.807, 2.05) is 0 Å². The third-order valence-corrected chi connectivity index (χ3v) is 1.93. The van der Waals surface area contributed by atoms with Crippen LogP contribution >= 0.6 is 0 Å². The van der Waals surface area contributed by atoms with Crippen LogP contribution < -0.4 is 0 Å². The van der Waals surface area contributed by atoms with E-state index in [1.165, 1.54) is 4.90 Å². The first kappa shape index (κ1) is 10.8. The van der Waals surface area contributed by atoms with Gasteiger partial charge in [-0.2, -0.15) is 0 Å². The predicted molar refractivity (Wildman–Crippen MR) is 47.4 cm³/mol. The van der Waals surface area contributed by atoms with Gasteiger partial charge in [-0.05, 0) is 5.53 Å². The summed E-state index contributed by atoms with van der Waals surface area (Å²) < 4.78 is 5.05. The first-order chi connectivity index (χ1) is 6.75. The van der Waals surface area contributed by atoms with Gasteiger partial charge in [-0.1, -0.05) is 5.11 Å². The van der Waals surface area contributed by atoms with Crippen LogP contribution in [-0.2, 0) is 9.53 Å². The highest BCUT2D eigenvalue weighted by atomic mass is 16.5. The molecule has 0 aromatic heterocycles. The highest BCUT2D eigenvalue weighted by Crippen LogP contribution is 2.01. The molecular weight excluding hydrogens is 188 g/mol. The van der Waals surface area contributed by atoms with Gasteiger partial charge in [0, 0.05) is 18.0 Å². The van der Waals surface area contributed by atoms with E-state index in [0.717, 1.165) is 0 Å². The molecule has 1 atom stereocenters. The maximum Gasteiger partial charge on any atom is 0.251 e. The molecule has 1 amide bonds. The fourth-order valence-electron chi connectivity index (χ4n) is 1.19. The van der Waals surface area contributed by atoms with E-state index in [0.29, 0.717) is 26.3 Å². The normalized spacial score (nSPS) is 18.5. The number of azide groups is 1. The van der Waals surface area contributed by atoms with Crippen molar-refractivity contribution in [2.24, 2.45) is 5.11 Å². The molecule has 7 heteroatoms. The Morgan fingerprint density at radius 1 is 1.64 bits per heavy atom. The van der Waals surface area contributed by atoms with Gasteiger partial charge in [-0.15, -0.1) is 0 Å². The Hall–Kier alpha value is -1.30. The zero-order chi connectivity index (χ0) is 10.4. The molecule has 0 aromatic rings. The zero-order valence-electron chi connectivity index (χ0n) is 7.67. The monoisotopic (exact) mass is 200 g/mol. The number of ether oxygens (including phenoxy) is 1. The van der Waals surface area contributed by atoms with Crippen LogP contribution in [0.3, 0.4) is 0 Å². The van der Waals surface area contributed by atoms with Crippen molar-refractivity contribution < 1.29 is 14.6 Å². The van der Waals surface area contributed by atoms with Crippen molar-refractivity contribution in [3.05, 3.63) is 10.4 Å². The standard InChI is InChI=1S/C7H12N4O3/c8-10-9-5-6(12)7(13)11-1-3-14-4-2-11/h6,12H,1-5H2. The van der Waals surface area contributed by atoms with Gasteiger partial charge in [0.25, 0.3) is 5.91 Å². The molecule has 0 radical (unpaired) electrons. The van der Waals surface area contributed by atoms with Gasteiger partial charge in [0.2, 0.25) is 0 Å². The maximum atomic E-state index is 11.4. The highest BCUT2D eigenvalue weighted by molar-refractivity contribution is 5.81. The molecule has 1 aliphatic rings. The molecule has 0 saturated carbocycles. The molecule has 1 heterocycles. The molecule has 0 bridgehead atoms. The molecule has 1 aliphatic heterocycles. The van der Waals surface area contributed by atoms with Crippen LogP contribution in [0.25, 0.3) is 10.4 Å². The Morgan fingerprint density at radius 3 is 2.86 bits per heavy atom. The highest BCUT2D eigenvalue weighted by Gasteiger charge is 2.22. The van der Waals surface area contributed by atoms with Crippen LogP contribution in [0.1, 0.15) is 0 Å². The minimum atomic E-state index is -1.23. The number of carbonyl (C=O) groups excluding carboxylic acids is 1. The number of morpholine rings is 1. The number of amides is 1. The van der Waals surface area contributed by atoms with Crippen molar-refractivity contribution in [3.63, 3.8) is 0 Å². The number of hydrogen-bond acceptors (Lipinski definition) is 4. The van der Waals surface area contributed by atoms with Gasteiger partial charge in [0.1, 0.15) is 6.10 Å². The fraction of sp³-hybridized carbons (Fsp3) is 0.857. The van der Waals surface area contributed by atoms with Crippen molar-refractivity contribution in [2.75, 3.05) is 32.8 Å². The third kappa shape index (κ3) is 2.88. The molecule has 1 N–H and O–H groups in total. The van der Waals surface area contributed by atoms with E-state index in [-0.39, 0.29) is 6.54 Å². The van der Waals surface area contributed by atoms with Crippen molar-refractivity contribution >= 4 is 5.91 Å². The predicted octanol–water partition coefficient (Wildman–Crippen LogP) is -0.484. The molecule has 14 heavy (non-hydrogen) atoms. The van der Waals surface area contributed by atoms with E-state index in [9.17, 15) is 9.90 Å². The van der Waals surface area contributed by atoms with E-state index >= 15 is 0 Å². The van der Waals surface area contributed by atoms with Crippen LogP contribution in [0.15, 0.2) is 5.11 Å². The fourth-order valence-corrected chi connectivity index (χ4v) is 1.19. The molecule has 1 saturated heterocycles. The Balaban J connectivity index is 2.41. The number of rotatable bonds is 3. The second-order valence-electron chi connectivity index (χ2n) is 2.87. The summed E-state index contributed by atoms with van der Waals surface area (Å²) >= 11 is 0. The average molecular weight is 200 g/mol. The van der Waals surface area contributed by atoms with E-state index in [1.54, 1.807) is 0 Å². The molecule has 0 spiro atoms. The number of aliphatic hydroxyl groups is 1. The summed E-state index contributed by atoms with van der Waals surface area (Å²) in [5, 5.41) is 12.4. The lowest BCUT2D eigenvalue weighted by atomic mass is 10.3. The number of carbonyl (C=O) groups is 1. The first-order valence-electron chi connectivity index (χ1n) is 4.31. The van der Waals surface area contributed by atoms with Crippen LogP contribution in [0.4, 0.5) is 0 Å². The summed E-state index contributed by atoms with van der Waals surface area (Å²) in [6.07, 6.45) is -1.23. The van der Waals surface area contributed by atoms with Crippen molar-refractivity contribution in [1.82, 2.24) is 4.90 Å². The molecular formula is C7H12N4O3. The smallest absolute Gasteiger partial charge is 0.251 e. The Kier molecular flexibility index (Phi) is 4.18. The topological polar surface area (TPSA) is 98.5 Å². The first-order valence-corrected chi connectivity index (χ1v) is 4.31. The molecule has 7 nitrogen and oxygen atoms in total. The molecule has 1 rings (SSSR count). The third-order valence-electron chi connectivity index (χ3n) is 1.93. The average Bonchev–Trinajstić information content (AvgIpc) is 2.26. The maximum absolute atomic E-state index is 11.4. The van der Waals surface area contributed by atoms with Gasteiger partial charge in [-0.25, -0.2) is 0 Å². The summed E-state index contributed by atoms with van der Waals surface area (Å²) in [5.74, 6) is -0.402. The Labute approximate surface area is 80.9 Å². The molecule has 0 aromatic carbocycles. The summed E-state index contributed by atoms with van der Waals surface area (Å²) in [7, 11) is 0. The largest absolute Gasteiger partial charge is 0.383 e. The van der Waals surface area contributed by atoms with Crippen molar-refractivity contribution in [2.45, 2.75) is 6.10 Å². The minimum Gasteiger partial charge on any atom is -0.383 e. The molecule has 0 aliphatic carbocycles. The lowest BCUT2D eigenvalue weighted by molar-refractivity contribution is -0.143. The summed E-state index contributed by atoms with van der Waals surface area (Å²) in [6, 6.07) is 0. The lowest BCUT2D eigenvalue weighted by Gasteiger charge is -2.28. The van der Waals surface area contributed by atoms with Gasteiger partial charge in [0.05, 0.1) is 19.8 Å².